The van der Waals surface area contributed by atoms with Gasteiger partial charge in [0.2, 0.25) is 0 Å². The van der Waals surface area contributed by atoms with Gasteiger partial charge in [0.1, 0.15) is 59.4 Å². The number of hydrogen-bond acceptors (Lipinski definition) is 10. The zero-order valence-electron chi connectivity index (χ0n) is 23.4. The average Bonchev–Trinajstić information content (AvgIpc) is 3.35. The maximum absolute atomic E-state index is 11.8. The Balaban J connectivity index is 1.08. The van der Waals surface area contributed by atoms with Gasteiger partial charge in [-0.2, -0.15) is 0 Å². The fourth-order valence-corrected chi connectivity index (χ4v) is 5.65. The van der Waals surface area contributed by atoms with Gasteiger partial charge in [-0.05, 0) is 52.0 Å². The standard InChI is InChI=1S/C32H28O10/c1-30(2)25(40-30)15-36-29-18-7-10-32(39-24(18)14-22-20(29)9-12-35-22)41-26(31(3,4)42-32)16-37-28-17-5-6-27(33)38-23(17)13-21-19(28)8-11-34-21/h5-14,25-26H,15-16H2,1-4H3/t25-,26-,32-/m0/s1. The van der Waals surface area contributed by atoms with Crippen molar-refractivity contribution in [1.82, 2.24) is 0 Å². The monoisotopic (exact) mass is 572 g/mol. The summed E-state index contributed by atoms with van der Waals surface area (Å²) < 4.78 is 54.2. The molecule has 3 atom stereocenters. The first kappa shape index (κ1) is 25.5. The minimum absolute atomic E-state index is 0.0132. The van der Waals surface area contributed by atoms with Gasteiger partial charge in [0, 0.05) is 24.3 Å². The van der Waals surface area contributed by atoms with E-state index in [1.807, 2.05) is 52.0 Å². The molecule has 3 aromatic heterocycles. The van der Waals surface area contributed by atoms with E-state index >= 15 is 0 Å². The van der Waals surface area contributed by atoms with Crippen LogP contribution in [-0.2, 0) is 14.2 Å². The van der Waals surface area contributed by atoms with E-state index in [2.05, 4.69) is 0 Å². The average molecular weight is 573 g/mol. The molecule has 0 bridgehead atoms. The third-order valence-corrected chi connectivity index (χ3v) is 8.14. The molecule has 2 aromatic carbocycles. The lowest BCUT2D eigenvalue weighted by molar-refractivity contribution is -0.271. The molecule has 1 spiro atoms. The summed E-state index contributed by atoms with van der Waals surface area (Å²) in [4.78, 5) is 11.8. The van der Waals surface area contributed by atoms with E-state index < -0.39 is 23.3 Å². The number of furan rings is 2. The molecule has 6 heterocycles. The second-order valence-electron chi connectivity index (χ2n) is 11.8. The normalized spacial score (nSPS) is 25.2. The van der Waals surface area contributed by atoms with Gasteiger partial charge in [-0.1, -0.05) is 0 Å². The molecule has 3 aliphatic heterocycles. The van der Waals surface area contributed by atoms with Crippen LogP contribution < -0.4 is 19.8 Å². The van der Waals surface area contributed by atoms with Gasteiger partial charge in [-0.3, -0.25) is 0 Å². The lowest BCUT2D eigenvalue weighted by atomic mass is 10.0. The van der Waals surface area contributed by atoms with Crippen LogP contribution in [0.25, 0.3) is 39.0 Å². The topological polar surface area (TPSA) is 115 Å². The van der Waals surface area contributed by atoms with Crippen LogP contribution in [0.4, 0.5) is 0 Å². The third kappa shape index (κ3) is 4.01. The highest BCUT2D eigenvalue weighted by Crippen LogP contribution is 2.48. The summed E-state index contributed by atoms with van der Waals surface area (Å²) in [6, 6.07) is 10.2. The van der Waals surface area contributed by atoms with Crippen molar-refractivity contribution in [3.63, 3.8) is 0 Å². The molecule has 10 nitrogen and oxygen atoms in total. The summed E-state index contributed by atoms with van der Waals surface area (Å²) in [5, 5.41) is 2.24. The molecule has 216 valence electrons. The van der Waals surface area contributed by atoms with E-state index in [1.54, 1.807) is 30.7 Å². The molecule has 0 radical (unpaired) electrons. The number of rotatable bonds is 6. The highest BCUT2D eigenvalue weighted by atomic mass is 16.9. The van der Waals surface area contributed by atoms with Crippen LogP contribution in [0.3, 0.4) is 0 Å². The van der Waals surface area contributed by atoms with Crippen LogP contribution in [0.1, 0.15) is 33.3 Å². The van der Waals surface area contributed by atoms with Crippen LogP contribution in [0.2, 0.25) is 0 Å². The number of benzene rings is 2. The summed E-state index contributed by atoms with van der Waals surface area (Å²) in [7, 11) is 0. The molecule has 0 N–H and O–H groups in total. The van der Waals surface area contributed by atoms with E-state index in [4.69, 9.17) is 41.7 Å². The predicted octanol–water partition coefficient (Wildman–Crippen LogP) is 6.17. The van der Waals surface area contributed by atoms with Gasteiger partial charge < -0.3 is 41.7 Å². The molecule has 2 fully saturated rings. The molecule has 8 rings (SSSR count). The van der Waals surface area contributed by atoms with Crippen molar-refractivity contribution in [3.8, 4) is 17.2 Å². The number of ether oxygens (including phenoxy) is 6. The van der Waals surface area contributed by atoms with Crippen LogP contribution in [-0.4, -0.2) is 42.6 Å². The van der Waals surface area contributed by atoms with E-state index in [9.17, 15) is 4.79 Å². The summed E-state index contributed by atoms with van der Waals surface area (Å²) >= 11 is 0. The van der Waals surface area contributed by atoms with Gasteiger partial charge in [0.25, 0.3) is 0 Å². The van der Waals surface area contributed by atoms with Gasteiger partial charge in [0.15, 0.2) is 0 Å². The molecule has 5 aromatic rings. The van der Waals surface area contributed by atoms with Crippen molar-refractivity contribution >= 4 is 39.0 Å². The minimum Gasteiger partial charge on any atom is -0.489 e. The van der Waals surface area contributed by atoms with Crippen molar-refractivity contribution in [2.24, 2.45) is 0 Å². The van der Waals surface area contributed by atoms with E-state index in [-0.39, 0.29) is 18.3 Å². The minimum atomic E-state index is -1.49. The van der Waals surface area contributed by atoms with Gasteiger partial charge in [-0.25, -0.2) is 4.79 Å². The summed E-state index contributed by atoms with van der Waals surface area (Å²) in [5.74, 6) is 0.195. The Labute approximate surface area is 239 Å². The Morgan fingerprint density at radius 3 is 2.14 bits per heavy atom. The molecule has 42 heavy (non-hydrogen) atoms. The fraction of sp³-hybridized carbons (Fsp3) is 0.344. The van der Waals surface area contributed by atoms with Crippen molar-refractivity contribution < 1.29 is 41.7 Å². The Hall–Kier alpha value is -4.25. The predicted molar refractivity (Wildman–Crippen MR) is 151 cm³/mol. The Morgan fingerprint density at radius 1 is 0.762 bits per heavy atom. The lowest BCUT2D eigenvalue weighted by Gasteiger charge is -2.30. The van der Waals surface area contributed by atoms with Crippen LogP contribution >= 0.6 is 0 Å². The summed E-state index contributed by atoms with van der Waals surface area (Å²) in [6.45, 7) is 8.44. The molecule has 0 amide bonds. The third-order valence-electron chi connectivity index (χ3n) is 8.14. The fourth-order valence-electron chi connectivity index (χ4n) is 5.65. The molecule has 3 aliphatic rings. The maximum atomic E-state index is 11.8. The Kier molecular flexibility index (Phi) is 5.23. The summed E-state index contributed by atoms with van der Waals surface area (Å²) in [6.07, 6.45) is 6.30. The van der Waals surface area contributed by atoms with Crippen LogP contribution in [0, 0.1) is 0 Å². The van der Waals surface area contributed by atoms with Crippen LogP contribution in [0.15, 0.2) is 73.0 Å². The van der Waals surface area contributed by atoms with Crippen molar-refractivity contribution in [3.05, 3.63) is 71.0 Å². The Morgan fingerprint density at radius 2 is 1.40 bits per heavy atom. The molecule has 2 saturated heterocycles. The van der Waals surface area contributed by atoms with E-state index in [0.717, 1.165) is 16.3 Å². The molecular weight excluding hydrogens is 544 g/mol. The van der Waals surface area contributed by atoms with E-state index in [1.165, 1.54) is 6.07 Å². The Bertz CT molecular complexity index is 1960. The first-order valence-electron chi connectivity index (χ1n) is 13.8. The smallest absolute Gasteiger partial charge is 0.350 e. The molecule has 0 aliphatic carbocycles. The van der Waals surface area contributed by atoms with E-state index in [0.29, 0.717) is 46.0 Å². The second kappa shape index (κ2) is 8.64. The highest BCUT2D eigenvalue weighted by Gasteiger charge is 2.55. The van der Waals surface area contributed by atoms with Crippen LogP contribution in [0.5, 0.6) is 17.2 Å². The first-order chi connectivity index (χ1) is 20.1. The second-order valence-corrected chi connectivity index (χ2v) is 11.8. The van der Waals surface area contributed by atoms with Crippen molar-refractivity contribution in [1.29, 1.82) is 0 Å². The molecule has 10 heteroatoms. The summed E-state index contributed by atoms with van der Waals surface area (Å²) in [5.41, 5.74) is 0.845. The number of fused-ring (bicyclic) bond motifs is 4. The number of hydrogen-bond donors (Lipinski definition) is 0. The molecule has 0 saturated carbocycles. The first-order valence-corrected chi connectivity index (χ1v) is 13.8. The number of epoxide rings is 1. The SMILES string of the molecule is CC1(C)O[C@H]1COc1c2c(cc3occc13)O[C@@]1(C=C2)O[C@@H](COc2c3ccoc3cc3oc(=O)ccc23)C(C)(C)O1. The zero-order valence-corrected chi connectivity index (χ0v) is 23.4. The zero-order chi connectivity index (χ0) is 28.9. The largest absolute Gasteiger partial charge is 0.489 e. The molecular formula is C32H28O10. The molecule has 0 unspecified atom stereocenters. The van der Waals surface area contributed by atoms with Gasteiger partial charge >= 0.3 is 11.6 Å². The van der Waals surface area contributed by atoms with Gasteiger partial charge in [-0.15, -0.1) is 0 Å². The van der Waals surface area contributed by atoms with Crippen molar-refractivity contribution in [2.75, 3.05) is 13.2 Å². The lowest BCUT2D eigenvalue weighted by Crippen LogP contribution is -2.39. The van der Waals surface area contributed by atoms with Crippen molar-refractivity contribution in [2.45, 2.75) is 57.1 Å². The van der Waals surface area contributed by atoms with Gasteiger partial charge in [0.05, 0.1) is 45.5 Å². The quantitative estimate of drug-likeness (QED) is 0.173. The maximum Gasteiger partial charge on any atom is 0.350 e. The highest BCUT2D eigenvalue weighted by molar-refractivity contribution is 6.01.